The van der Waals surface area contributed by atoms with E-state index >= 15 is 0 Å². The van der Waals surface area contributed by atoms with Crippen LogP contribution in [-0.4, -0.2) is 25.0 Å². The third kappa shape index (κ3) is 3.44. The van der Waals surface area contributed by atoms with Crippen molar-refractivity contribution in [2.45, 2.75) is 50.1 Å². The zero-order valence-corrected chi connectivity index (χ0v) is 16.8. The van der Waals surface area contributed by atoms with Gasteiger partial charge in [0.05, 0.1) is 7.11 Å². The van der Waals surface area contributed by atoms with Crippen molar-refractivity contribution < 1.29 is 14.3 Å². The topological polar surface area (TPSA) is 81.4 Å². The number of fused-ring (bicyclic) bond motifs is 3. The zero-order chi connectivity index (χ0) is 20.4. The van der Waals surface area contributed by atoms with Crippen LogP contribution in [0.4, 0.5) is 0 Å². The van der Waals surface area contributed by atoms with Crippen molar-refractivity contribution in [3.63, 3.8) is 0 Å². The maximum Gasteiger partial charge on any atom is 0.328 e. The monoisotopic (exact) mass is 392 g/mol. The summed E-state index contributed by atoms with van der Waals surface area (Å²) in [6.45, 7) is 0. The molecule has 4 rings (SSSR count). The van der Waals surface area contributed by atoms with Gasteiger partial charge in [0.2, 0.25) is 5.91 Å². The van der Waals surface area contributed by atoms with Gasteiger partial charge in [-0.3, -0.25) is 4.79 Å². The SMILES string of the molecule is COC(=O)[C@H](CC1CCCCC1)NC(=O)C1(N)c2ccccc2-c2ccccc21. The molecule has 0 unspecified atom stereocenters. The average Bonchev–Trinajstić information content (AvgIpc) is 3.04. The van der Waals surface area contributed by atoms with Gasteiger partial charge in [-0.15, -0.1) is 0 Å². The number of nitrogens with one attached hydrogen (secondary N) is 1. The van der Waals surface area contributed by atoms with Crippen LogP contribution >= 0.6 is 0 Å². The predicted octanol–water partition coefficient (Wildman–Crippen LogP) is 3.50. The van der Waals surface area contributed by atoms with Crippen molar-refractivity contribution in [3.8, 4) is 11.1 Å². The van der Waals surface area contributed by atoms with E-state index in [9.17, 15) is 9.59 Å². The second-order valence-corrected chi connectivity index (χ2v) is 8.19. The van der Waals surface area contributed by atoms with Crippen LogP contribution in [0.1, 0.15) is 49.7 Å². The van der Waals surface area contributed by atoms with Gasteiger partial charge in [0.15, 0.2) is 0 Å². The Balaban J connectivity index is 1.64. The average molecular weight is 392 g/mol. The van der Waals surface area contributed by atoms with E-state index in [-0.39, 0.29) is 5.91 Å². The van der Waals surface area contributed by atoms with Gasteiger partial charge in [0.1, 0.15) is 11.6 Å². The molecule has 1 amide bonds. The van der Waals surface area contributed by atoms with E-state index in [2.05, 4.69) is 5.32 Å². The van der Waals surface area contributed by atoms with Crippen molar-refractivity contribution in [3.05, 3.63) is 59.7 Å². The molecule has 0 radical (unpaired) electrons. The van der Waals surface area contributed by atoms with Crippen LogP contribution in [0.3, 0.4) is 0 Å². The molecule has 1 saturated carbocycles. The molecule has 29 heavy (non-hydrogen) atoms. The number of methoxy groups -OCH3 is 1. The number of carbonyl (C=O) groups excluding carboxylic acids is 2. The molecular formula is C24H28N2O3. The first kappa shape index (κ1) is 19.6. The molecule has 5 nitrogen and oxygen atoms in total. The smallest absolute Gasteiger partial charge is 0.328 e. The molecule has 2 aromatic carbocycles. The fraction of sp³-hybridized carbons (Fsp3) is 0.417. The van der Waals surface area contributed by atoms with Crippen LogP contribution in [0.5, 0.6) is 0 Å². The lowest BCUT2D eigenvalue weighted by Crippen LogP contribution is -2.55. The van der Waals surface area contributed by atoms with Crippen molar-refractivity contribution >= 4 is 11.9 Å². The maximum atomic E-state index is 13.5. The molecule has 0 saturated heterocycles. The molecule has 0 bridgehead atoms. The first-order chi connectivity index (χ1) is 14.1. The van der Waals surface area contributed by atoms with Gasteiger partial charge in [-0.25, -0.2) is 4.79 Å². The minimum atomic E-state index is -1.33. The van der Waals surface area contributed by atoms with E-state index in [4.69, 9.17) is 10.5 Å². The number of carbonyl (C=O) groups is 2. The van der Waals surface area contributed by atoms with Crippen LogP contribution < -0.4 is 11.1 Å². The molecule has 1 fully saturated rings. The van der Waals surface area contributed by atoms with E-state index in [1.54, 1.807) is 0 Å². The Morgan fingerprint density at radius 2 is 1.59 bits per heavy atom. The van der Waals surface area contributed by atoms with E-state index < -0.39 is 17.6 Å². The minimum Gasteiger partial charge on any atom is -0.467 e. The fourth-order valence-corrected chi connectivity index (χ4v) is 4.90. The van der Waals surface area contributed by atoms with Crippen molar-refractivity contribution in [1.82, 2.24) is 5.32 Å². The van der Waals surface area contributed by atoms with Crippen molar-refractivity contribution in [2.24, 2.45) is 11.7 Å². The highest BCUT2D eigenvalue weighted by Gasteiger charge is 2.47. The van der Waals surface area contributed by atoms with Gasteiger partial charge in [-0.05, 0) is 34.6 Å². The second-order valence-electron chi connectivity index (χ2n) is 8.19. The molecular weight excluding hydrogens is 364 g/mol. The van der Waals surface area contributed by atoms with Gasteiger partial charge < -0.3 is 15.8 Å². The lowest BCUT2D eigenvalue weighted by Gasteiger charge is -2.30. The predicted molar refractivity (Wildman–Crippen MR) is 112 cm³/mol. The Morgan fingerprint density at radius 3 is 2.14 bits per heavy atom. The molecule has 2 aliphatic carbocycles. The second kappa shape index (κ2) is 7.99. The lowest BCUT2D eigenvalue weighted by atomic mass is 9.84. The molecule has 1 atom stereocenters. The largest absolute Gasteiger partial charge is 0.467 e. The summed E-state index contributed by atoms with van der Waals surface area (Å²) < 4.78 is 4.99. The molecule has 2 aliphatic rings. The van der Waals surface area contributed by atoms with Crippen LogP contribution in [-0.2, 0) is 19.9 Å². The highest BCUT2D eigenvalue weighted by molar-refractivity contribution is 6.01. The molecule has 2 aromatic rings. The summed E-state index contributed by atoms with van der Waals surface area (Å²) in [5.74, 6) is -0.349. The number of ether oxygens (including phenoxy) is 1. The maximum absolute atomic E-state index is 13.5. The third-order valence-corrected chi connectivity index (χ3v) is 6.44. The molecule has 0 aromatic heterocycles. The van der Waals surface area contributed by atoms with E-state index in [1.165, 1.54) is 26.4 Å². The standard InChI is InChI=1S/C24H28N2O3/c1-29-22(27)21(15-16-9-3-2-4-10-16)26-23(28)24(25)19-13-7-5-11-17(19)18-12-6-8-14-20(18)24/h5-8,11-14,16,21H,2-4,9-10,15,25H2,1H3,(H,26,28)/t21-/m0/s1. The Labute approximate surface area is 171 Å². The van der Waals surface area contributed by atoms with E-state index in [0.29, 0.717) is 12.3 Å². The number of hydrogen-bond acceptors (Lipinski definition) is 4. The van der Waals surface area contributed by atoms with Gasteiger partial charge in [0.25, 0.3) is 0 Å². The molecule has 0 spiro atoms. The fourth-order valence-electron chi connectivity index (χ4n) is 4.90. The summed E-state index contributed by atoms with van der Waals surface area (Å²) in [5, 5.41) is 2.94. The van der Waals surface area contributed by atoms with Gasteiger partial charge in [-0.2, -0.15) is 0 Å². The lowest BCUT2D eigenvalue weighted by molar-refractivity contribution is -0.146. The zero-order valence-electron chi connectivity index (χ0n) is 16.8. The normalized spacial score (nSPS) is 18.4. The summed E-state index contributed by atoms with van der Waals surface area (Å²) >= 11 is 0. The first-order valence-electron chi connectivity index (χ1n) is 10.4. The molecule has 3 N–H and O–H groups in total. The van der Waals surface area contributed by atoms with E-state index in [1.807, 2.05) is 48.5 Å². The quantitative estimate of drug-likeness (QED) is 0.763. The van der Waals surface area contributed by atoms with Crippen LogP contribution in [0.2, 0.25) is 0 Å². The third-order valence-electron chi connectivity index (χ3n) is 6.44. The molecule has 5 heteroatoms. The van der Waals surface area contributed by atoms with Gasteiger partial charge in [-0.1, -0.05) is 80.6 Å². The van der Waals surface area contributed by atoms with E-state index in [0.717, 1.165) is 35.1 Å². The number of rotatable bonds is 5. The highest BCUT2D eigenvalue weighted by Crippen LogP contribution is 2.46. The summed E-state index contributed by atoms with van der Waals surface area (Å²) in [6.07, 6.45) is 6.36. The van der Waals surface area contributed by atoms with Crippen molar-refractivity contribution in [1.29, 1.82) is 0 Å². The summed E-state index contributed by atoms with van der Waals surface area (Å²) in [6, 6.07) is 14.7. The number of esters is 1. The van der Waals surface area contributed by atoms with Crippen LogP contribution in [0.25, 0.3) is 11.1 Å². The Bertz CT molecular complexity index is 872. The molecule has 0 aliphatic heterocycles. The molecule has 0 heterocycles. The van der Waals surface area contributed by atoms with Crippen LogP contribution in [0, 0.1) is 5.92 Å². The summed E-state index contributed by atoms with van der Waals surface area (Å²) in [5.41, 5.74) is 8.91. The number of benzene rings is 2. The first-order valence-corrected chi connectivity index (χ1v) is 10.4. The minimum absolute atomic E-state index is 0.360. The summed E-state index contributed by atoms with van der Waals surface area (Å²) in [7, 11) is 1.36. The number of nitrogens with two attached hydrogens (primary N) is 1. The number of amides is 1. The Hall–Kier alpha value is -2.66. The van der Waals surface area contributed by atoms with Gasteiger partial charge >= 0.3 is 5.97 Å². The Morgan fingerprint density at radius 1 is 1.03 bits per heavy atom. The van der Waals surface area contributed by atoms with Crippen molar-refractivity contribution in [2.75, 3.05) is 7.11 Å². The summed E-state index contributed by atoms with van der Waals surface area (Å²) in [4.78, 5) is 26.0. The highest BCUT2D eigenvalue weighted by atomic mass is 16.5. The van der Waals surface area contributed by atoms with Crippen LogP contribution in [0.15, 0.2) is 48.5 Å². The Kier molecular flexibility index (Phi) is 5.41. The molecule has 152 valence electrons. The number of hydrogen-bond donors (Lipinski definition) is 2. The van der Waals surface area contributed by atoms with Gasteiger partial charge in [0, 0.05) is 0 Å².